The van der Waals surface area contributed by atoms with Gasteiger partial charge in [-0.15, -0.1) is 0 Å². The summed E-state index contributed by atoms with van der Waals surface area (Å²) in [6.07, 6.45) is 0. The van der Waals surface area contributed by atoms with E-state index in [-0.39, 0.29) is 0 Å². The smallest absolute Gasteiger partial charge is 0.282 e. The van der Waals surface area contributed by atoms with Gasteiger partial charge in [-0.3, -0.25) is 4.90 Å². The van der Waals surface area contributed by atoms with Gasteiger partial charge >= 0.3 is 0 Å². The van der Waals surface area contributed by atoms with Crippen LogP contribution in [0.1, 0.15) is 18.5 Å². The highest BCUT2D eigenvalue weighted by Crippen LogP contribution is 2.22. The number of benzene rings is 1. The van der Waals surface area contributed by atoms with Gasteiger partial charge in [0.25, 0.3) is 10.2 Å². The Bertz CT molecular complexity index is 594. The molecule has 3 rings (SSSR count). The summed E-state index contributed by atoms with van der Waals surface area (Å²) >= 11 is 0. The Balaban J connectivity index is 1.59. The van der Waals surface area contributed by atoms with E-state index in [2.05, 4.69) is 24.0 Å². The molecule has 2 heterocycles. The molecule has 2 aliphatic heterocycles. The maximum Gasteiger partial charge on any atom is 0.282 e. The van der Waals surface area contributed by atoms with Crippen molar-refractivity contribution in [2.45, 2.75) is 13.0 Å². The van der Waals surface area contributed by atoms with Crippen molar-refractivity contribution in [3.63, 3.8) is 0 Å². The van der Waals surface area contributed by atoms with Crippen LogP contribution in [0.2, 0.25) is 0 Å². The Labute approximate surface area is 138 Å². The van der Waals surface area contributed by atoms with Crippen LogP contribution in [0.25, 0.3) is 0 Å². The Kier molecular flexibility index (Phi) is 5.33. The van der Waals surface area contributed by atoms with Crippen molar-refractivity contribution in [3.8, 4) is 0 Å². The third-order valence-electron chi connectivity index (χ3n) is 4.73. The van der Waals surface area contributed by atoms with E-state index in [1.165, 1.54) is 5.56 Å². The van der Waals surface area contributed by atoms with Gasteiger partial charge in [-0.1, -0.05) is 30.3 Å². The molecule has 7 heteroatoms. The van der Waals surface area contributed by atoms with Crippen LogP contribution >= 0.6 is 0 Å². The molecule has 1 aromatic rings. The first kappa shape index (κ1) is 16.9. The van der Waals surface area contributed by atoms with Gasteiger partial charge < -0.3 is 4.74 Å². The Morgan fingerprint density at radius 2 is 1.48 bits per heavy atom. The molecule has 0 spiro atoms. The van der Waals surface area contributed by atoms with Crippen LogP contribution in [-0.4, -0.2) is 74.4 Å². The quantitative estimate of drug-likeness (QED) is 0.819. The summed E-state index contributed by atoms with van der Waals surface area (Å²) in [7, 11) is -3.34. The number of rotatable bonds is 4. The number of morpholine rings is 1. The highest BCUT2D eigenvalue weighted by molar-refractivity contribution is 7.86. The molecular weight excluding hydrogens is 314 g/mol. The Morgan fingerprint density at radius 3 is 2.09 bits per heavy atom. The summed E-state index contributed by atoms with van der Waals surface area (Å²) in [5.41, 5.74) is 1.27. The molecule has 2 aliphatic rings. The highest BCUT2D eigenvalue weighted by Gasteiger charge is 2.34. The zero-order valence-electron chi connectivity index (χ0n) is 13.6. The van der Waals surface area contributed by atoms with Crippen molar-refractivity contribution in [2.24, 2.45) is 0 Å². The second-order valence-corrected chi connectivity index (χ2v) is 7.97. The molecule has 1 atom stereocenters. The van der Waals surface area contributed by atoms with Crippen LogP contribution in [0.5, 0.6) is 0 Å². The van der Waals surface area contributed by atoms with E-state index in [0.29, 0.717) is 45.4 Å². The van der Waals surface area contributed by atoms with Gasteiger partial charge in [0.15, 0.2) is 0 Å². The lowest BCUT2D eigenvalue weighted by atomic mass is 10.1. The molecule has 0 unspecified atom stereocenters. The summed E-state index contributed by atoms with van der Waals surface area (Å²) < 4.78 is 33.7. The molecule has 0 aliphatic carbocycles. The third-order valence-corrected chi connectivity index (χ3v) is 6.76. The molecule has 0 saturated carbocycles. The molecule has 0 amide bonds. The lowest BCUT2D eigenvalue weighted by Gasteiger charge is -2.39. The first-order valence-corrected chi connectivity index (χ1v) is 9.61. The van der Waals surface area contributed by atoms with E-state index in [0.717, 1.165) is 13.1 Å². The molecule has 0 bridgehead atoms. The average molecular weight is 339 g/mol. The zero-order chi connectivity index (χ0) is 16.3. The molecule has 0 radical (unpaired) electrons. The van der Waals surface area contributed by atoms with Crippen LogP contribution in [0, 0.1) is 0 Å². The fourth-order valence-electron chi connectivity index (χ4n) is 3.20. The largest absolute Gasteiger partial charge is 0.379 e. The summed E-state index contributed by atoms with van der Waals surface area (Å²) in [4.78, 5) is 2.35. The van der Waals surface area contributed by atoms with E-state index in [4.69, 9.17) is 4.74 Å². The molecule has 0 aromatic heterocycles. The minimum atomic E-state index is -3.34. The lowest BCUT2D eigenvalue weighted by molar-refractivity contribution is 0.0675. The minimum absolute atomic E-state index is 0.310. The van der Waals surface area contributed by atoms with Crippen LogP contribution in [0.3, 0.4) is 0 Å². The molecule has 23 heavy (non-hydrogen) atoms. The van der Waals surface area contributed by atoms with Gasteiger partial charge in [-0.05, 0) is 12.5 Å². The summed E-state index contributed by atoms with van der Waals surface area (Å²) in [5.74, 6) is 0. The van der Waals surface area contributed by atoms with Crippen molar-refractivity contribution in [2.75, 3.05) is 52.5 Å². The van der Waals surface area contributed by atoms with E-state index < -0.39 is 10.2 Å². The normalized spacial score (nSPS) is 23.7. The predicted molar refractivity (Wildman–Crippen MR) is 89.3 cm³/mol. The van der Waals surface area contributed by atoms with Gasteiger partial charge in [0.2, 0.25) is 0 Å². The van der Waals surface area contributed by atoms with Gasteiger partial charge in [0.05, 0.1) is 13.2 Å². The molecule has 0 N–H and O–H groups in total. The van der Waals surface area contributed by atoms with Gasteiger partial charge in [0, 0.05) is 45.3 Å². The first-order valence-electron chi connectivity index (χ1n) is 8.21. The predicted octanol–water partition coefficient (Wildman–Crippen LogP) is 0.942. The van der Waals surface area contributed by atoms with Crippen LogP contribution in [-0.2, 0) is 14.9 Å². The van der Waals surface area contributed by atoms with Gasteiger partial charge in [-0.2, -0.15) is 17.0 Å². The van der Waals surface area contributed by atoms with E-state index in [9.17, 15) is 8.42 Å². The van der Waals surface area contributed by atoms with E-state index in [1.54, 1.807) is 8.61 Å². The molecule has 1 aromatic carbocycles. The minimum Gasteiger partial charge on any atom is -0.379 e. The van der Waals surface area contributed by atoms with E-state index >= 15 is 0 Å². The summed E-state index contributed by atoms with van der Waals surface area (Å²) in [5, 5.41) is 0. The van der Waals surface area contributed by atoms with E-state index in [1.807, 2.05) is 18.2 Å². The maximum absolute atomic E-state index is 12.7. The zero-order valence-corrected chi connectivity index (χ0v) is 14.4. The molecule has 2 fully saturated rings. The molecule has 6 nitrogen and oxygen atoms in total. The Morgan fingerprint density at radius 1 is 0.913 bits per heavy atom. The summed E-state index contributed by atoms with van der Waals surface area (Å²) in [6, 6.07) is 10.7. The maximum atomic E-state index is 12.7. The van der Waals surface area contributed by atoms with Gasteiger partial charge in [-0.25, -0.2) is 0 Å². The van der Waals surface area contributed by atoms with Crippen LogP contribution in [0.15, 0.2) is 30.3 Å². The standard InChI is InChI=1S/C16H25N3O3S/c1-15(16-5-3-2-4-6-16)17-7-9-18(10-8-17)23(20,21)19-11-13-22-14-12-19/h2-6,15H,7-14H2,1H3/t15-/m0/s1. The topological polar surface area (TPSA) is 53.1 Å². The average Bonchev–Trinajstić information content (AvgIpc) is 2.63. The summed E-state index contributed by atoms with van der Waals surface area (Å²) in [6.45, 7) is 6.72. The van der Waals surface area contributed by atoms with Crippen molar-refractivity contribution in [3.05, 3.63) is 35.9 Å². The highest BCUT2D eigenvalue weighted by atomic mass is 32.2. The van der Waals surface area contributed by atoms with Crippen LogP contribution < -0.4 is 0 Å². The monoisotopic (exact) mass is 339 g/mol. The third kappa shape index (κ3) is 3.75. The molecule has 2 saturated heterocycles. The second kappa shape index (κ2) is 7.27. The first-order chi connectivity index (χ1) is 11.1. The van der Waals surface area contributed by atoms with Crippen molar-refractivity contribution >= 4 is 10.2 Å². The lowest BCUT2D eigenvalue weighted by Crippen LogP contribution is -2.55. The van der Waals surface area contributed by atoms with Crippen LogP contribution in [0.4, 0.5) is 0 Å². The fourth-order valence-corrected chi connectivity index (χ4v) is 4.77. The van der Waals surface area contributed by atoms with Crippen molar-refractivity contribution in [1.82, 2.24) is 13.5 Å². The fraction of sp³-hybridized carbons (Fsp3) is 0.625. The van der Waals surface area contributed by atoms with Crippen molar-refractivity contribution < 1.29 is 13.2 Å². The van der Waals surface area contributed by atoms with Crippen molar-refractivity contribution in [1.29, 1.82) is 0 Å². The number of hydrogen-bond acceptors (Lipinski definition) is 4. The number of piperazine rings is 1. The number of hydrogen-bond donors (Lipinski definition) is 0. The second-order valence-electron chi connectivity index (χ2n) is 6.04. The van der Waals surface area contributed by atoms with Gasteiger partial charge in [0.1, 0.15) is 0 Å². The SMILES string of the molecule is C[C@@H](c1ccccc1)N1CCN(S(=O)(=O)N2CCOCC2)CC1. The number of ether oxygens (including phenoxy) is 1. The Hall–Kier alpha value is -0.990. The molecular formula is C16H25N3O3S. The molecule has 128 valence electrons. The number of nitrogens with zero attached hydrogens (tertiary/aromatic N) is 3.